The molecule has 0 aliphatic rings. The van der Waals surface area contributed by atoms with Gasteiger partial charge in [-0.3, -0.25) is 9.59 Å². The van der Waals surface area contributed by atoms with Crippen LogP contribution in [0.25, 0.3) is 5.76 Å². The van der Waals surface area contributed by atoms with E-state index in [0.29, 0.717) is 10.0 Å². The van der Waals surface area contributed by atoms with Crippen LogP contribution in [0.5, 0.6) is 0 Å². The van der Waals surface area contributed by atoms with Crippen molar-refractivity contribution in [2.45, 2.75) is 6.92 Å². The molecule has 0 saturated heterocycles. The number of hydrogen-bond acceptors (Lipinski definition) is 4. The number of esters is 1. The number of ketones is 1. The Kier molecular flexibility index (Phi) is 7.72. The molecule has 0 fully saturated rings. The van der Waals surface area contributed by atoms with Crippen molar-refractivity contribution in [3.8, 4) is 0 Å². The first-order valence-corrected chi connectivity index (χ1v) is 9.63. The Balaban J connectivity index is 2.69. The maximum Gasteiger partial charge on any atom is 0.345 e. The second-order valence-electron chi connectivity index (χ2n) is 6.10. The van der Waals surface area contributed by atoms with Gasteiger partial charge in [-0.2, -0.15) is 0 Å². The highest BCUT2D eigenvalue weighted by Gasteiger charge is 2.28. The fourth-order valence-electron chi connectivity index (χ4n) is 2.35. The van der Waals surface area contributed by atoms with Gasteiger partial charge >= 0.3 is 5.97 Å². The van der Waals surface area contributed by atoms with Crippen LogP contribution in [0.2, 0.25) is 20.1 Å². The standard InChI is InChI=1S/C20H15Cl4NO4/c1-10(26)17(19(27)25(2)3)18(13-6-4-11(21)8-15(13)23)29-20(28)14-7-5-12(22)9-16(14)24/h4-9H,1-3H3. The molecule has 0 saturated carbocycles. The average molecular weight is 475 g/mol. The Morgan fingerprint density at radius 3 is 1.72 bits per heavy atom. The minimum Gasteiger partial charge on any atom is -0.421 e. The number of carbonyl (C=O) groups excluding carboxylic acids is 3. The van der Waals surface area contributed by atoms with E-state index < -0.39 is 17.7 Å². The van der Waals surface area contributed by atoms with Gasteiger partial charge in [-0.05, 0) is 43.3 Å². The third kappa shape index (κ3) is 5.52. The van der Waals surface area contributed by atoms with E-state index in [4.69, 9.17) is 51.1 Å². The third-order valence-corrected chi connectivity index (χ3v) is 4.82. The largest absolute Gasteiger partial charge is 0.421 e. The van der Waals surface area contributed by atoms with Crippen LogP contribution >= 0.6 is 46.4 Å². The van der Waals surface area contributed by atoms with Crippen LogP contribution in [0.4, 0.5) is 0 Å². The lowest BCUT2D eigenvalue weighted by molar-refractivity contribution is -0.127. The minimum atomic E-state index is -0.891. The van der Waals surface area contributed by atoms with Gasteiger partial charge in [0.15, 0.2) is 11.5 Å². The number of likely N-dealkylation sites (N-methyl/N-ethyl adjacent to an activating group) is 1. The summed E-state index contributed by atoms with van der Waals surface area (Å²) in [7, 11) is 2.93. The van der Waals surface area contributed by atoms with Gasteiger partial charge in [-0.1, -0.05) is 46.4 Å². The van der Waals surface area contributed by atoms with Crippen LogP contribution in [0.15, 0.2) is 42.0 Å². The highest BCUT2D eigenvalue weighted by molar-refractivity contribution is 6.37. The fraction of sp³-hybridized carbons (Fsp3) is 0.150. The molecule has 2 rings (SSSR count). The summed E-state index contributed by atoms with van der Waals surface area (Å²) < 4.78 is 5.48. The molecule has 0 unspecified atom stereocenters. The molecular formula is C20H15Cl4NO4. The first-order valence-electron chi connectivity index (χ1n) is 8.12. The van der Waals surface area contributed by atoms with Crippen molar-refractivity contribution in [3.05, 3.63) is 73.2 Å². The van der Waals surface area contributed by atoms with Crippen molar-refractivity contribution in [1.82, 2.24) is 4.90 Å². The van der Waals surface area contributed by atoms with Gasteiger partial charge in [0.1, 0.15) is 5.57 Å². The maximum absolute atomic E-state index is 12.8. The van der Waals surface area contributed by atoms with E-state index in [1.807, 2.05) is 0 Å². The summed E-state index contributed by atoms with van der Waals surface area (Å²) in [5.41, 5.74) is -0.202. The molecule has 0 bridgehead atoms. The normalized spacial score (nSPS) is 11.6. The fourth-order valence-corrected chi connectivity index (χ4v) is 3.33. The number of hydrogen-bond donors (Lipinski definition) is 0. The summed E-state index contributed by atoms with van der Waals surface area (Å²) >= 11 is 24.1. The van der Waals surface area contributed by atoms with E-state index in [9.17, 15) is 14.4 Å². The van der Waals surface area contributed by atoms with E-state index in [0.717, 1.165) is 0 Å². The highest BCUT2D eigenvalue weighted by atomic mass is 35.5. The predicted molar refractivity (Wildman–Crippen MR) is 115 cm³/mol. The molecule has 1 amide bonds. The smallest absolute Gasteiger partial charge is 0.345 e. The number of amides is 1. The zero-order valence-electron chi connectivity index (χ0n) is 15.6. The molecule has 0 radical (unpaired) electrons. The molecule has 0 aliphatic carbocycles. The van der Waals surface area contributed by atoms with Crippen LogP contribution in [0.3, 0.4) is 0 Å². The minimum absolute atomic E-state index is 0.00106. The molecule has 5 nitrogen and oxygen atoms in total. The topological polar surface area (TPSA) is 63.7 Å². The number of benzene rings is 2. The number of ether oxygens (including phenoxy) is 1. The first kappa shape index (κ1) is 23.2. The van der Waals surface area contributed by atoms with Crippen molar-refractivity contribution in [2.24, 2.45) is 0 Å². The number of Topliss-reactive ketones (excluding diaryl/α,β-unsaturated/α-hetero) is 1. The number of halogens is 4. The zero-order valence-corrected chi connectivity index (χ0v) is 18.6. The average Bonchev–Trinajstić information content (AvgIpc) is 2.60. The quantitative estimate of drug-likeness (QED) is 0.187. The highest BCUT2D eigenvalue weighted by Crippen LogP contribution is 2.32. The van der Waals surface area contributed by atoms with Gasteiger partial charge < -0.3 is 9.64 Å². The van der Waals surface area contributed by atoms with E-state index in [1.54, 1.807) is 0 Å². The van der Waals surface area contributed by atoms with Gasteiger partial charge in [-0.15, -0.1) is 0 Å². The van der Waals surface area contributed by atoms with Crippen molar-refractivity contribution in [3.63, 3.8) is 0 Å². The molecular weight excluding hydrogens is 460 g/mol. The number of nitrogens with zero attached hydrogens (tertiary/aromatic N) is 1. The maximum atomic E-state index is 12.8. The van der Waals surface area contributed by atoms with Crippen LogP contribution in [0, 0.1) is 0 Å². The summed E-state index contributed by atoms with van der Waals surface area (Å²) in [4.78, 5) is 38.9. The lowest BCUT2D eigenvalue weighted by Crippen LogP contribution is -2.28. The summed E-state index contributed by atoms with van der Waals surface area (Å²) in [6, 6.07) is 8.54. The van der Waals surface area contributed by atoms with E-state index >= 15 is 0 Å². The van der Waals surface area contributed by atoms with Crippen molar-refractivity contribution >= 4 is 69.8 Å². The Bertz CT molecular complexity index is 1030. The molecule has 0 heterocycles. The predicted octanol–water partition coefficient (Wildman–Crippen LogP) is 5.55. The molecule has 0 N–H and O–H groups in total. The van der Waals surface area contributed by atoms with Crippen molar-refractivity contribution in [2.75, 3.05) is 14.1 Å². The first-order chi connectivity index (χ1) is 13.5. The monoisotopic (exact) mass is 473 g/mol. The lowest BCUT2D eigenvalue weighted by atomic mass is 10.0. The Labute approximate surface area is 187 Å². The molecule has 0 spiro atoms. The second-order valence-corrected chi connectivity index (χ2v) is 7.79. The number of carbonyl (C=O) groups is 3. The van der Waals surface area contributed by atoms with Gasteiger partial charge in [0.05, 0.1) is 15.6 Å². The molecule has 0 aromatic heterocycles. The molecule has 2 aromatic carbocycles. The SMILES string of the molecule is CC(=O)C(C(=O)N(C)C)=C(OC(=O)c1ccc(Cl)cc1Cl)c1ccc(Cl)cc1Cl. The molecule has 0 atom stereocenters. The van der Waals surface area contributed by atoms with Crippen LogP contribution in [-0.2, 0) is 14.3 Å². The molecule has 152 valence electrons. The Morgan fingerprint density at radius 1 is 0.828 bits per heavy atom. The van der Waals surface area contributed by atoms with Gasteiger partial charge in [0, 0.05) is 29.7 Å². The Hall–Kier alpha value is -2.05. The van der Waals surface area contributed by atoms with E-state index in [-0.39, 0.29) is 32.5 Å². The van der Waals surface area contributed by atoms with Crippen molar-refractivity contribution < 1.29 is 19.1 Å². The molecule has 9 heteroatoms. The summed E-state index contributed by atoms with van der Waals surface area (Å²) in [5.74, 6) is -2.46. The van der Waals surface area contributed by atoms with E-state index in [2.05, 4.69) is 0 Å². The summed E-state index contributed by atoms with van der Waals surface area (Å²) in [6.45, 7) is 1.18. The number of rotatable bonds is 5. The van der Waals surface area contributed by atoms with Gasteiger partial charge in [-0.25, -0.2) is 4.79 Å². The van der Waals surface area contributed by atoms with Crippen molar-refractivity contribution in [1.29, 1.82) is 0 Å². The third-order valence-electron chi connectivity index (χ3n) is 3.72. The van der Waals surface area contributed by atoms with Gasteiger partial charge in [0.2, 0.25) is 0 Å². The van der Waals surface area contributed by atoms with E-state index in [1.165, 1.54) is 62.3 Å². The Morgan fingerprint density at radius 2 is 1.31 bits per heavy atom. The van der Waals surface area contributed by atoms with Crippen LogP contribution in [0.1, 0.15) is 22.8 Å². The lowest BCUT2D eigenvalue weighted by Gasteiger charge is -2.18. The van der Waals surface area contributed by atoms with Crippen LogP contribution in [-0.4, -0.2) is 36.7 Å². The summed E-state index contributed by atoms with van der Waals surface area (Å²) in [6.07, 6.45) is 0. The van der Waals surface area contributed by atoms with Crippen LogP contribution < -0.4 is 0 Å². The molecule has 2 aromatic rings. The zero-order chi connectivity index (χ0) is 21.9. The molecule has 29 heavy (non-hydrogen) atoms. The molecule has 0 aliphatic heterocycles. The summed E-state index contributed by atoms with van der Waals surface area (Å²) in [5, 5.41) is 0.795. The van der Waals surface area contributed by atoms with Gasteiger partial charge in [0.25, 0.3) is 5.91 Å². The second kappa shape index (κ2) is 9.63.